The highest BCUT2D eigenvalue weighted by atomic mass is 32.2. The molecule has 2 aromatic rings. The molecule has 0 spiro atoms. The van der Waals surface area contributed by atoms with Gasteiger partial charge in [0.05, 0.1) is 19.6 Å². The number of thioether (sulfide) groups is 4. The highest BCUT2D eigenvalue weighted by molar-refractivity contribution is 8.36. The van der Waals surface area contributed by atoms with Crippen molar-refractivity contribution in [1.29, 1.82) is 0 Å². The van der Waals surface area contributed by atoms with Gasteiger partial charge in [0.2, 0.25) is 0 Å². The zero-order valence-corrected chi connectivity index (χ0v) is 22.0. The molecule has 8 nitrogen and oxygen atoms in total. The fraction of sp³-hybridized carbons (Fsp3) is 0.364. The summed E-state index contributed by atoms with van der Waals surface area (Å²) in [6.45, 7) is 5.22. The van der Waals surface area contributed by atoms with Crippen LogP contribution in [0.3, 0.4) is 0 Å². The average Bonchev–Trinajstić information content (AvgIpc) is 3.48. The molecule has 4 heterocycles. The Labute approximate surface area is 212 Å². The van der Waals surface area contributed by atoms with E-state index in [1.54, 1.807) is 21.5 Å². The second-order valence-corrected chi connectivity index (χ2v) is 12.1. The van der Waals surface area contributed by atoms with E-state index in [4.69, 9.17) is 0 Å². The van der Waals surface area contributed by atoms with E-state index < -0.39 is 22.5 Å². The predicted octanol–water partition coefficient (Wildman–Crippen LogP) is 4.37. The third-order valence-corrected chi connectivity index (χ3v) is 10.5. The topological polar surface area (TPSA) is 110 Å². The van der Waals surface area contributed by atoms with Crippen molar-refractivity contribution < 1.29 is 0 Å². The first-order valence-electron chi connectivity index (χ1n) is 10.9. The number of nitrogens with zero attached hydrogens (tertiary/aromatic N) is 2. The van der Waals surface area contributed by atoms with Crippen LogP contribution < -0.4 is 22.5 Å². The van der Waals surface area contributed by atoms with Crippen LogP contribution in [0.4, 0.5) is 0 Å². The molecule has 0 saturated carbocycles. The highest BCUT2D eigenvalue weighted by Crippen LogP contribution is 2.58. The minimum absolute atomic E-state index is 0.390. The zero-order chi connectivity index (χ0) is 24.2. The van der Waals surface area contributed by atoms with E-state index in [-0.39, 0.29) is 0 Å². The van der Waals surface area contributed by atoms with Crippen molar-refractivity contribution >= 4 is 56.9 Å². The van der Waals surface area contributed by atoms with Gasteiger partial charge in [0.15, 0.2) is 0 Å². The monoisotopic (exact) mass is 536 g/mol. The Kier molecular flexibility index (Phi) is 8.22. The number of aromatic amines is 2. The molecule has 0 saturated heterocycles. The molecular weight excluding hydrogens is 513 g/mol. The largest absolute Gasteiger partial charge is 0.328 e. The van der Waals surface area contributed by atoms with Gasteiger partial charge in [-0.15, -0.1) is 0 Å². The molecule has 0 aliphatic carbocycles. The van der Waals surface area contributed by atoms with Gasteiger partial charge >= 0.3 is 11.4 Å². The first kappa shape index (κ1) is 25.1. The van der Waals surface area contributed by atoms with Crippen molar-refractivity contribution in [3.8, 4) is 0 Å². The Bertz CT molecular complexity index is 1320. The molecule has 34 heavy (non-hydrogen) atoms. The van der Waals surface area contributed by atoms with Crippen molar-refractivity contribution in [3.05, 3.63) is 84.5 Å². The fourth-order valence-electron chi connectivity index (χ4n) is 3.29. The first-order chi connectivity index (χ1) is 16.4. The Balaban J connectivity index is 1.53. The van der Waals surface area contributed by atoms with E-state index in [0.29, 0.717) is 24.2 Å². The van der Waals surface area contributed by atoms with Crippen LogP contribution in [0.15, 0.2) is 50.9 Å². The average molecular weight is 537 g/mol. The van der Waals surface area contributed by atoms with Crippen molar-refractivity contribution in [2.45, 2.75) is 52.6 Å². The van der Waals surface area contributed by atoms with Crippen molar-refractivity contribution in [2.75, 3.05) is 0 Å². The lowest BCUT2D eigenvalue weighted by Crippen LogP contribution is -2.31. The summed E-state index contributed by atoms with van der Waals surface area (Å²) in [6.07, 6.45) is 6.89. The highest BCUT2D eigenvalue weighted by Gasteiger charge is 2.26. The van der Waals surface area contributed by atoms with Crippen LogP contribution in [-0.4, -0.2) is 19.1 Å². The van der Waals surface area contributed by atoms with Gasteiger partial charge in [-0.1, -0.05) is 73.7 Å². The molecule has 2 aromatic heterocycles. The molecule has 0 fully saturated rings. The van der Waals surface area contributed by atoms with Crippen LogP contribution in [0.25, 0.3) is 9.81 Å². The van der Waals surface area contributed by atoms with Gasteiger partial charge in [0.1, 0.15) is 0 Å². The van der Waals surface area contributed by atoms with Gasteiger partial charge < -0.3 is 0 Å². The van der Waals surface area contributed by atoms with Crippen LogP contribution >= 0.6 is 47.0 Å². The molecular formula is C22H24N4O4S4. The zero-order valence-electron chi connectivity index (χ0n) is 18.7. The lowest BCUT2D eigenvalue weighted by atomic mass is 10.3. The Morgan fingerprint density at radius 3 is 1.50 bits per heavy atom. The number of nitrogens with one attached hydrogen (secondary N) is 2. The molecule has 0 bridgehead atoms. The lowest BCUT2D eigenvalue weighted by molar-refractivity contribution is 0.596. The summed E-state index contributed by atoms with van der Waals surface area (Å²) >= 11 is 6.01. The molecule has 2 aliphatic rings. The summed E-state index contributed by atoms with van der Waals surface area (Å²) in [7, 11) is 0. The SMILES string of the molecule is CCCCn1cc(C2=CS/C(=C3\SC=C(c4cn(CCCC)c(=O)[nH]c4=O)S3)S2)c(=O)[nH]c1=O. The third-order valence-electron chi connectivity index (χ3n) is 5.18. The van der Waals surface area contributed by atoms with Crippen LogP contribution in [0.5, 0.6) is 0 Å². The van der Waals surface area contributed by atoms with Gasteiger partial charge in [-0.2, -0.15) is 0 Å². The molecule has 2 aliphatic heterocycles. The molecule has 0 amide bonds. The summed E-state index contributed by atoms with van der Waals surface area (Å²) in [6, 6.07) is 0. The van der Waals surface area contributed by atoms with Crippen LogP contribution in [0, 0.1) is 0 Å². The molecule has 0 aromatic carbocycles. The minimum Gasteiger partial charge on any atom is -0.300 e. The third kappa shape index (κ3) is 5.45. The standard InChI is InChI=1S/C22H24N4O4S4/c1-3-5-7-25-9-13(17(27)23-21(25)29)15-11-31-19(33-15)20-32-12-16(34-20)14-10-26(8-6-4-2)22(30)24-18(14)28/h9-12H,3-8H2,1-2H3,(H,23,27,29)(H,24,28,30)/b20-19-. The molecule has 0 atom stereocenters. The van der Waals surface area contributed by atoms with Crippen LogP contribution in [0.1, 0.15) is 50.7 Å². The first-order valence-corrected chi connectivity index (χ1v) is 14.3. The van der Waals surface area contributed by atoms with Crippen molar-refractivity contribution in [1.82, 2.24) is 19.1 Å². The second-order valence-electron chi connectivity index (χ2n) is 7.68. The van der Waals surface area contributed by atoms with Gasteiger partial charge in [-0.25, -0.2) is 9.59 Å². The molecule has 180 valence electrons. The maximum Gasteiger partial charge on any atom is 0.328 e. The van der Waals surface area contributed by atoms with Crippen LogP contribution in [-0.2, 0) is 13.1 Å². The fourth-order valence-corrected chi connectivity index (χ4v) is 8.20. The molecule has 12 heteroatoms. The smallest absolute Gasteiger partial charge is 0.300 e. The van der Waals surface area contributed by atoms with E-state index in [9.17, 15) is 19.2 Å². The van der Waals surface area contributed by atoms with E-state index in [1.807, 2.05) is 10.8 Å². The normalized spacial score (nSPS) is 17.8. The van der Waals surface area contributed by atoms with Gasteiger partial charge in [0.25, 0.3) is 11.1 Å². The molecule has 0 unspecified atom stereocenters. The lowest BCUT2D eigenvalue weighted by Gasteiger charge is -2.08. The number of hydrogen-bond donors (Lipinski definition) is 2. The number of hydrogen-bond acceptors (Lipinski definition) is 8. The number of aryl methyl sites for hydroxylation is 2. The quantitative estimate of drug-likeness (QED) is 0.512. The van der Waals surface area contributed by atoms with E-state index in [2.05, 4.69) is 23.8 Å². The maximum atomic E-state index is 12.5. The number of aromatic nitrogens is 4. The number of rotatable bonds is 8. The summed E-state index contributed by atoms with van der Waals surface area (Å²) in [4.78, 5) is 55.5. The van der Waals surface area contributed by atoms with E-state index in [0.717, 1.165) is 44.0 Å². The van der Waals surface area contributed by atoms with Gasteiger partial charge in [-0.05, 0) is 23.7 Å². The predicted molar refractivity (Wildman–Crippen MR) is 146 cm³/mol. The molecule has 4 rings (SSSR count). The number of H-pyrrole nitrogens is 2. The summed E-state index contributed by atoms with van der Waals surface area (Å²) in [5.74, 6) is 0. The summed E-state index contributed by atoms with van der Waals surface area (Å²) in [5.41, 5.74) is -0.616. The minimum atomic E-state index is -0.394. The maximum absolute atomic E-state index is 12.5. The Morgan fingerprint density at radius 1 is 0.706 bits per heavy atom. The second kappa shape index (κ2) is 11.1. The van der Waals surface area contributed by atoms with Crippen molar-refractivity contribution in [2.24, 2.45) is 0 Å². The number of unbranched alkanes of at least 4 members (excludes halogenated alkanes) is 2. The van der Waals surface area contributed by atoms with Gasteiger partial charge in [-0.3, -0.25) is 28.7 Å². The Hall–Kier alpha value is -2.02. The van der Waals surface area contributed by atoms with Crippen LogP contribution in [0.2, 0.25) is 0 Å². The van der Waals surface area contributed by atoms with Gasteiger partial charge in [0, 0.05) is 35.3 Å². The van der Waals surface area contributed by atoms with Crippen molar-refractivity contribution in [3.63, 3.8) is 0 Å². The summed E-state index contributed by atoms with van der Waals surface area (Å²) < 4.78 is 5.13. The Morgan fingerprint density at radius 2 is 1.12 bits per heavy atom. The van der Waals surface area contributed by atoms with E-state index >= 15 is 0 Å². The molecule has 0 radical (unpaired) electrons. The van der Waals surface area contributed by atoms with E-state index in [1.165, 1.54) is 47.0 Å². The summed E-state index contributed by atoms with van der Waals surface area (Å²) in [5, 5.41) is 3.84. The molecule has 2 N–H and O–H groups in total.